The molecule has 2 atom stereocenters. The highest BCUT2D eigenvalue weighted by Crippen LogP contribution is 2.50. The summed E-state index contributed by atoms with van der Waals surface area (Å²) < 4.78 is 36.1. The zero-order valence-electron chi connectivity index (χ0n) is 18.1. The van der Waals surface area contributed by atoms with Crippen LogP contribution in [0.1, 0.15) is 38.5 Å². The van der Waals surface area contributed by atoms with Crippen molar-refractivity contribution in [2.45, 2.75) is 45.9 Å². The summed E-state index contributed by atoms with van der Waals surface area (Å²) >= 11 is 2.04. The van der Waals surface area contributed by atoms with E-state index in [0.29, 0.717) is 18.4 Å². The second-order valence-corrected chi connectivity index (χ2v) is 11.1. The molecule has 0 unspecified atom stereocenters. The van der Waals surface area contributed by atoms with Crippen molar-refractivity contribution in [3.8, 4) is 0 Å². The number of carbonyl (C=O) groups is 2. The van der Waals surface area contributed by atoms with Crippen LogP contribution >= 0.6 is 31.3 Å². The van der Waals surface area contributed by atoms with E-state index in [-0.39, 0.29) is 41.6 Å². The van der Waals surface area contributed by atoms with Gasteiger partial charge in [-0.3, -0.25) is 37.5 Å². The lowest BCUT2D eigenvalue weighted by atomic mass is 10.2. The molecule has 1 aromatic heterocycles. The number of hydrogen-bond donors (Lipinski definition) is 1. The summed E-state index contributed by atoms with van der Waals surface area (Å²) in [6, 6.07) is 0. The molecular formula is C18H27N2O9PS2. The molecule has 0 aliphatic carbocycles. The predicted octanol–water partition coefficient (Wildman–Crippen LogP) is 2.24. The van der Waals surface area contributed by atoms with Gasteiger partial charge in [-0.15, -0.1) is 0 Å². The summed E-state index contributed by atoms with van der Waals surface area (Å²) in [5.74, 6) is 0.565. The monoisotopic (exact) mass is 510 g/mol. The Morgan fingerprint density at radius 1 is 1.12 bits per heavy atom. The summed E-state index contributed by atoms with van der Waals surface area (Å²) in [5, 5.41) is -0.192. The van der Waals surface area contributed by atoms with Crippen LogP contribution in [0.2, 0.25) is 0 Å². The van der Waals surface area contributed by atoms with Gasteiger partial charge in [0.05, 0.1) is 25.9 Å². The van der Waals surface area contributed by atoms with Crippen molar-refractivity contribution >= 4 is 41.6 Å². The van der Waals surface area contributed by atoms with Crippen LogP contribution in [0.15, 0.2) is 15.8 Å². The average molecular weight is 511 g/mol. The SMILES string of the molecule is CC(=O)SCCOP(=O)(OCCSC(C)=O)OC[C@@H]1CC[C@H](n2cc(C)c(=O)[nH]c2=O)O1. The molecule has 14 heteroatoms. The minimum atomic E-state index is -3.95. The number of aryl methyl sites for hydroxylation is 1. The normalized spacial score (nSPS) is 18.7. The van der Waals surface area contributed by atoms with E-state index in [4.69, 9.17) is 18.3 Å². The highest BCUT2D eigenvalue weighted by atomic mass is 32.2. The zero-order chi connectivity index (χ0) is 23.7. The van der Waals surface area contributed by atoms with E-state index in [1.165, 1.54) is 24.6 Å². The molecule has 1 fully saturated rings. The van der Waals surface area contributed by atoms with Crippen LogP contribution in [-0.2, 0) is 32.5 Å². The Bertz CT molecular complexity index is 939. The Labute approximate surface area is 193 Å². The maximum atomic E-state index is 12.9. The molecule has 0 aromatic carbocycles. The largest absolute Gasteiger partial charge is 0.474 e. The van der Waals surface area contributed by atoms with Crippen molar-refractivity contribution in [3.63, 3.8) is 0 Å². The zero-order valence-corrected chi connectivity index (χ0v) is 20.6. The molecule has 32 heavy (non-hydrogen) atoms. The number of nitrogens with one attached hydrogen (secondary N) is 1. The Hall–Kier alpha value is -1.21. The molecule has 1 aliphatic rings. The Morgan fingerprint density at radius 2 is 1.72 bits per heavy atom. The number of nitrogens with zero attached hydrogens (tertiary/aromatic N) is 1. The smallest absolute Gasteiger partial charge is 0.352 e. The Balaban J connectivity index is 1.92. The van der Waals surface area contributed by atoms with E-state index < -0.39 is 31.4 Å². The number of hydrogen-bond acceptors (Lipinski definition) is 11. The number of carbonyl (C=O) groups excluding carboxylic acids is 2. The van der Waals surface area contributed by atoms with E-state index in [0.717, 1.165) is 23.5 Å². The Morgan fingerprint density at radius 3 is 2.28 bits per heavy atom. The van der Waals surface area contributed by atoms with E-state index in [1.54, 1.807) is 6.92 Å². The van der Waals surface area contributed by atoms with E-state index in [9.17, 15) is 23.7 Å². The predicted molar refractivity (Wildman–Crippen MR) is 121 cm³/mol. The quantitative estimate of drug-likeness (QED) is 0.327. The lowest BCUT2D eigenvalue weighted by Crippen LogP contribution is -2.33. The first-order valence-corrected chi connectivity index (χ1v) is 13.3. The van der Waals surface area contributed by atoms with Gasteiger partial charge in [0, 0.05) is 37.1 Å². The van der Waals surface area contributed by atoms with Crippen molar-refractivity contribution in [1.29, 1.82) is 0 Å². The fraction of sp³-hybridized carbons (Fsp3) is 0.667. The fourth-order valence-corrected chi connectivity index (χ4v) is 5.13. The van der Waals surface area contributed by atoms with Gasteiger partial charge in [0.1, 0.15) is 6.23 Å². The molecule has 0 amide bonds. The van der Waals surface area contributed by atoms with Crippen molar-refractivity contribution in [1.82, 2.24) is 9.55 Å². The van der Waals surface area contributed by atoms with E-state index >= 15 is 0 Å². The third kappa shape index (κ3) is 8.97. The second-order valence-electron chi connectivity index (χ2n) is 6.86. The van der Waals surface area contributed by atoms with E-state index in [1.807, 2.05) is 0 Å². The number of phosphoric ester groups is 1. The number of ether oxygens (including phenoxy) is 1. The molecule has 1 N–H and O–H groups in total. The first-order valence-electron chi connectivity index (χ1n) is 9.87. The fourth-order valence-electron chi connectivity index (χ4n) is 2.77. The van der Waals surface area contributed by atoms with Gasteiger partial charge in [0.25, 0.3) is 5.56 Å². The Kier molecular flexibility index (Phi) is 10.9. The lowest BCUT2D eigenvalue weighted by molar-refractivity contribution is -0.109. The summed E-state index contributed by atoms with van der Waals surface area (Å²) in [7, 11) is -3.95. The van der Waals surface area contributed by atoms with Crippen molar-refractivity contribution in [3.05, 3.63) is 32.6 Å². The molecule has 0 bridgehead atoms. The van der Waals surface area contributed by atoms with Gasteiger partial charge in [-0.25, -0.2) is 9.36 Å². The molecule has 2 rings (SSSR count). The number of H-pyrrole nitrogens is 1. The summed E-state index contributed by atoms with van der Waals surface area (Å²) in [6.45, 7) is 4.26. The molecule has 0 saturated carbocycles. The van der Waals surface area contributed by atoms with Gasteiger partial charge in [-0.1, -0.05) is 23.5 Å². The van der Waals surface area contributed by atoms with Crippen LogP contribution in [0, 0.1) is 6.92 Å². The summed E-state index contributed by atoms with van der Waals surface area (Å²) in [4.78, 5) is 47.9. The van der Waals surface area contributed by atoms with Crippen LogP contribution in [0.5, 0.6) is 0 Å². The first-order chi connectivity index (χ1) is 15.1. The third-order valence-corrected chi connectivity index (χ3v) is 7.25. The van der Waals surface area contributed by atoms with Crippen LogP contribution in [0.25, 0.3) is 0 Å². The molecule has 1 saturated heterocycles. The van der Waals surface area contributed by atoms with Crippen LogP contribution < -0.4 is 11.2 Å². The van der Waals surface area contributed by atoms with E-state index in [2.05, 4.69) is 4.98 Å². The minimum Gasteiger partial charge on any atom is -0.352 e. The highest BCUT2D eigenvalue weighted by molar-refractivity contribution is 8.13. The number of aromatic amines is 1. The molecule has 11 nitrogen and oxygen atoms in total. The maximum Gasteiger partial charge on any atom is 0.474 e. The highest BCUT2D eigenvalue weighted by Gasteiger charge is 2.33. The van der Waals surface area contributed by atoms with Crippen LogP contribution in [0.4, 0.5) is 0 Å². The number of rotatable bonds is 12. The topological polar surface area (TPSA) is 143 Å². The number of phosphoric acid groups is 1. The van der Waals surface area contributed by atoms with Crippen molar-refractivity contribution < 1.29 is 32.5 Å². The number of thioether (sulfide) groups is 2. The van der Waals surface area contributed by atoms with Gasteiger partial charge < -0.3 is 4.74 Å². The van der Waals surface area contributed by atoms with Gasteiger partial charge in [0.2, 0.25) is 0 Å². The minimum absolute atomic E-state index is 0.0262. The van der Waals surface area contributed by atoms with Gasteiger partial charge in [0.15, 0.2) is 10.2 Å². The standard InChI is InChI=1S/C18H27N2O9PS2/c1-12-10-20(18(24)19-17(12)23)16-5-4-15(29-16)11-28-30(25,26-6-8-31-13(2)21)27-7-9-32-14(3)22/h10,15-16H,4-9,11H2,1-3H3,(H,19,23,24)/t15-,16+/m0/s1. The molecule has 0 radical (unpaired) electrons. The van der Waals surface area contributed by atoms with Gasteiger partial charge >= 0.3 is 13.5 Å². The lowest BCUT2D eigenvalue weighted by Gasteiger charge is -2.20. The summed E-state index contributed by atoms with van der Waals surface area (Å²) in [5.41, 5.74) is -0.647. The van der Waals surface area contributed by atoms with Crippen LogP contribution in [-0.4, -0.2) is 57.2 Å². The first kappa shape index (κ1) is 27.0. The molecule has 2 heterocycles. The van der Waals surface area contributed by atoms with Crippen molar-refractivity contribution in [2.75, 3.05) is 31.3 Å². The van der Waals surface area contributed by atoms with Crippen molar-refractivity contribution in [2.24, 2.45) is 0 Å². The third-order valence-electron chi connectivity index (χ3n) is 4.24. The molecule has 1 aromatic rings. The molecule has 0 spiro atoms. The van der Waals surface area contributed by atoms with Gasteiger partial charge in [-0.2, -0.15) is 0 Å². The second kappa shape index (κ2) is 12.9. The average Bonchev–Trinajstić information content (AvgIpc) is 3.19. The molecular weight excluding hydrogens is 483 g/mol. The van der Waals surface area contributed by atoms with Gasteiger partial charge in [-0.05, 0) is 19.8 Å². The number of aromatic nitrogens is 2. The maximum absolute atomic E-state index is 12.9. The summed E-state index contributed by atoms with van der Waals surface area (Å²) in [6.07, 6.45) is 1.39. The molecule has 180 valence electrons. The van der Waals surface area contributed by atoms with Crippen LogP contribution in [0.3, 0.4) is 0 Å². The molecule has 1 aliphatic heterocycles.